The van der Waals surface area contributed by atoms with Crippen molar-refractivity contribution in [3.05, 3.63) is 143 Å². The first kappa shape index (κ1) is 28.1. The molecular weight excluding hydrogens is 474 g/mol. The zero-order chi connectivity index (χ0) is 28.2. The van der Waals surface area contributed by atoms with Crippen LogP contribution in [0.3, 0.4) is 0 Å². The highest BCUT2D eigenvalue weighted by molar-refractivity contribution is 6.02. The average Bonchev–Trinajstić information content (AvgIpc) is 2.90. The fourth-order valence-corrected chi connectivity index (χ4v) is 4.41. The molecule has 4 rings (SSSR count). The lowest BCUT2D eigenvalue weighted by Gasteiger charge is -2.22. The van der Waals surface area contributed by atoms with Crippen molar-refractivity contribution in [1.82, 2.24) is 0 Å². The Labute approximate surface area is 235 Å². The quantitative estimate of drug-likeness (QED) is 0.369. The van der Waals surface area contributed by atoms with Gasteiger partial charge in [-0.2, -0.15) is 0 Å². The van der Waals surface area contributed by atoms with E-state index in [0.29, 0.717) is 0 Å². The molecule has 0 spiro atoms. The van der Waals surface area contributed by atoms with Crippen LogP contribution in [0.1, 0.15) is 63.8 Å². The van der Waals surface area contributed by atoms with Crippen molar-refractivity contribution in [1.29, 1.82) is 0 Å². The van der Waals surface area contributed by atoms with Gasteiger partial charge in [-0.15, -0.1) is 0 Å². The maximum Gasteiger partial charge on any atom is 0.199 e. The first-order chi connectivity index (χ1) is 18.4. The summed E-state index contributed by atoms with van der Waals surface area (Å²) in [4.78, 5) is 0. The minimum absolute atomic E-state index is 0.110. The Bertz CT molecular complexity index is 1430. The Hall–Kier alpha value is -3.91. The average molecular weight is 517 g/mol. The van der Waals surface area contributed by atoms with Crippen LogP contribution in [0.2, 0.25) is 0 Å². The van der Waals surface area contributed by atoms with Crippen LogP contribution in [0.25, 0.3) is 11.3 Å². The molecule has 1 aliphatic carbocycles. The number of benzene rings is 2. The van der Waals surface area contributed by atoms with Crippen molar-refractivity contribution >= 4 is 17.0 Å². The van der Waals surface area contributed by atoms with Gasteiger partial charge in [-0.1, -0.05) is 108 Å². The predicted molar refractivity (Wildman–Crippen MR) is 168 cm³/mol. The Kier molecular flexibility index (Phi) is 8.25. The summed E-state index contributed by atoms with van der Waals surface area (Å²) in [5.41, 5.74) is 8.61. The molecular formula is C37H42NO+. The molecule has 0 bridgehead atoms. The molecule has 0 saturated carbocycles. The van der Waals surface area contributed by atoms with Crippen molar-refractivity contribution < 1.29 is 9.31 Å². The van der Waals surface area contributed by atoms with Gasteiger partial charge < -0.3 is 4.74 Å². The number of nitrogens with zero attached hydrogens (tertiary/aromatic N) is 1. The third-order valence-electron chi connectivity index (χ3n) is 7.00. The normalized spacial score (nSPS) is 16.9. The largest absolute Gasteiger partial charge is 0.457 e. The van der Waals surface area contributed by atoms with Crippen LogP contribution in [0.4, 0.5) is 0 Å². The number of rotatable bonds is 4. The highest BCUT2D eigenvalue weighted by atomic mass is 16.5. The van der Waals surface area contributed by atoms with Crippen LogP contribution >= 0.6 is 0 Å². The summed E-state index contributed by atoms with van der Waals surface area (Å²) in [6.07, 6.45) is 21.0. The summed E-state index contributed by atoms with van der Waals surface area (Å²) in [6.45, 7) is 13.4. The SMILES string of the molecule is C[N+](C)=C1C=CC(=C/C=C/C=C2\C=C(c3ccc(C(C)(C)C)cc3)C=C(c3ccc(C(C)(C)C)cc3)O2)C=C1. The molecule has 2 aliphatic rings. The lowest BCUT2D eigenvalue weighted by Crippen LogP contribution is -2.11. The standard InChI is InChI=1S/C37H42NO/c1-36(2,3)31-19-15-28(16-20-31)30-25-34(12-10-9-11-27-13-23-33(24-14-27)38(7)8)39-35(26-30)29-17-21-32(22-18-29)37(4,5)6/h9-26H,1-8H3/q+1/b10-9+,34-12+. The summed E-state index contributed by atoms with van der Waals surface area (Å²) in [7, 11) is 4.11. The highest BCUT2D eigenvalue weighted by Gasteiger charge is 2.18. The second-order valence-electron chi connectivity index (χ2n) is 12.5. The Morgan fingerprint density at radius 3 is 1.64 bits per heavy atom. The summed E-state index contributed by atoms with van der Waals surface area (Å²) in [5, 5.41) is 0. The van der Waals surface area contributed by atoms with E-state index in [9.17, 15) is 0 Å². The van der Waals surface area contributed by atoms with Crippen LogP contribution in [0.5, 0.6) is 0 Å². The van der Waals surface area contributed by atoms with Gasteiger partial charge in [0.05, 0.1) is 0 Å². The molecule has 0 atom stereocenters. The monoisotopic (exact) mass is 516 g/mol. The maximum atomic E-state index is 6.40. The molecule has 0 saturated heterocycles. The van der Waals surface area contributed by atoms with Crippen LogP contribution in [-0.2, 0) is 15.6 Å². The molecule has 2 aromatic rings. The summed E-state index contributed by atoms with van der Waals surface area (Å²) in [6, 6.07) is 17.6. The van der Waals surface area contributed by atoms with Gasteiger partial charge in [0.15, 0.2) is 5.71 Å². The number of allylic oxidation sites excluding steroid dienone is 12. The van der Waals surface area contributed by atoms with Crippen LogP contribution in [0, 0.1) is 0 Å². The highest BCUT2D eigenvalue weighted by Crippen LogP contribution is 2.34. The lowest BCUT2D eigenvalue weighted by molar-refractivity contribution is -0.462. The van der Waals surface area contributed by atoms with Crippen molar-refractivity contribution in [2.24, 2.45) is 0 Å². The number of hydrogen-bond acceptors (Lipinski definition) is 1. The van der Waals surface area contributed by atoms with Gasteiger partial charge >= 0.3 is 0 Å². The van der Waals surface area contributed by atoms with E-state index in [2.05, 4.69) is 157 Å². The van der Waals surface area contributed by atoms with E-state index in [1.54, 1.807) is 0 Å². The Morgan fingerprint density at radius 1 is 0.615 bits per heavy atom. The molecule has 0 N–H and O–H groups in total. The van der Waals surface area contributed by atoms with Crippen molar-refractivity contribution in [3.8, 4) is 0 Å². The molecule has 0 aromatic heterocycles. The van der Waals surface area contributed by atoms with E-state index < -0.39 is 0 Å². The Morgan fingerprint density at radius 2 is 1.13 bits per heavy atom. The Balaban J connectivity index is 1.64. The van der Waals surface area contributed by atoms with Crippen molar-refractivity contribution in [2.45, 2.75) is 52.4 Å². The minimum Gasteiger partial charge on any atom is -0.457 e. The second-order valence-corrected chi connectivity index (χ2v) is 12.5. The number of ether oxygens (including phenoxy) is 1. The van der Waals surface area contributed by atoms with E-state index in [1.165, 1.54) is 22.4 Å². The molecule has 2 heteroatoms. The molecule has 0 radical (unpaired) electrons. The fourth-order valence-electron chi connectivity index (χ4n) is 4.41. The van der Waals surface area contributed by atoms with E-state index in [1.807, 2.05) is 12.2 Å². The third kappa shape index (κ3) is 7.35. The predicted octanol–water partition coefficient (Wildman–Crippen LogP) is 8.94. The van der Waals surface area contributed by atoms with Crippen molar-refractivity contribution in [3.63, 3.8) is 0 Å². The van der Waals surface area contributed by atoms with Gasteiger partial charge in [-0.25, -0.2) is 4.58 Å². The van der Waals surface area contributed by atoms with Gasteiger partial charge in [0.1, 0.15) is 25.6 Å². The zero-order valence-corrected chi connectivity index (χ0v) is 24.7. The van der Waals surface area contributed by atoms with Gasteiger partial charge in [0.25, 0.3) is 0 Å². The van der Waals surface area contributed by atoms with Crippen LogP contribution < -0.4 is 0 Å². The van der Waals surface area contributed by atoms with Gasteiger partial charge in [-0.3, -0.25) is 0 Å². The third-order valence-corrected chi connectivity index (χ3v) is 7.00. The number of hydrogen-bond donors (Lipinski definition) is 0. The van der Waals surface area contributed by atoms with E-state index in [4.69, 9.17) is 4.74 Å². The van der Waals surface area contributed by atoms with Gasteiger partial charge in [0, 0.05) is 17.7 Å². The molecule has 0 amide bonds. The maximum absolute atomic E-state index is 6.40. The van der Waals surface area contributed by atoms with Gasteiger partial charge in [0.2, 0.25) is 0 Å². The molecule has 0 fully saturated rings. The van der Waals surface area contributed by atoms with E-state index >= 15 is 0 Å². The van der Waals surface area contributed by atoms with E-state index in [-0.39, 0.29) is 10.8 Å². The fraction of sp³-hybridized carbons (Fsp3) is 0.270. The molecule has 200 valence electrons. The minimum atomic E-state index is 0.110. The summed E-state index contributed by atoms with van der Waals surface area (Å²) < 4.78 is 8.50. The van der Waals surface area contributed by atoms with Gasteiger partial charge in [-0.05, 0) is 69.0 Å². The first-order valence-electron chi connectivity index (χ1n) is 13.7. The molecule has 2 nitrogen and oxygen atoms in total. The van der Waals surface area contributed by atoms with E-state index in [0.717, 1.165) is 28.2 Å². The lowest BCUT2D eigenvalue weighted by atomic mass is 9.86. The topological polar surface area (TPSA) is 12.2 Å². The van der Waals surface area contributed by atoms with Crippen molar-refractivity contribution in [2.75, 3.05) is 14.1 Å². The van der Waals surface area contributed by atoms with Crippen LogP contribution in [0.15, 0.2) is 121 Å². The molecule has 0 unspecified atom stereocenters. The molecule has 2 aromatic carbocycles. The molecule has 39 heavy (non-hydrogen) atoms. The molecule has 1 heterocycles. The summed E-state index contributed by atoms with van der Waals surface area (Å²) >= 11 is 0. The molecule has 1 aliphatic heterocycles. The smallest absolute Gasteiger partial charge is 0.199 e. The van der Waals surface area contributed by atoms with Crippen LogP contribution in [-0.4, -0.2) is 24.4 Å². The summed E-state index contributed by atoms with van der Waals surface area (Å²) in [5.74, 6) is 1.67. The first-order valence-corrected chi connectivity index (χ1v) is 13.7. The zero-order valence-electron chi connectivity index (χ0n) is 24.7. The second kappa shape index (κ2) is 11.5.